The first-order valence-electron chi connectivity index (χ1n) is 6.69. The molecule has 6 nitrogen and oxygen atoms in total. The molecule has 0 aliphatic carbocycles. The molecule has 110 valence electrons. The van der Waals surface area contributed by atoms with Crippen molar-refractivity contribution in [2.45, 2.75) is 25.0 Å². The molecule has 2 aromatic heterocycles. The third-order valence-corrected chi connectivity index (χ3v) is 4.33. The quantitative estimate of drug-likeness (QED) is 0.903. The monoisotopic (exact) mass is 305 g/mol. The maximum atomic E-state index is 10.7. The second-order valence-corrected chi connectivity index (χ2v) is 5.81. The van der Waals surface area contributed by atoms with Gasteiger partial charge in [0.2, 0.25) is 0 Å². The van der Waals surface area contributed by atoms with Gasteiger partial charge in [0.05, 0.1) is 18.5 Å². The number of anilines is 1. The van der Waals surface area contributed by atoms with E-state index in [-0.39, 0.29) is 17.8 Å². The fourth-order valence-corrected chi connectivity index (χ4v) is 3.11. The molecule has 0 spiro atoms. The Balaban J connectivity index is 1.63. The number of carbonyl (C=O) groups is 1. The first kappa shape index (κ1) is 14.0. The number of rotatable bonds is 4. The van der Waals surface area contributed by atoms with Gasteiger partial charge in [0, 0.05) is 17.5 Å². The molecule has 2 N–H and O–H groups in total. The summed E-state index contributed by atoms with van der Waals surface area (Å²) >= 11 is 1.70. The predicted octanol–water partition coefficient (Wildman–Crippen LogP) is 2.57. The summed E-state index contributed by atoms with van der Waals surface area (Å²) < 4.78 is 5.80. The van der Waals surface area contributed by atoms with Gasteiger partial charge in [0.1, 0.15) is 5.82 Å². The molecular weight excluding hydrogens is 290 g/mol. The van der Waals surface area contributed by atoms with E-state index in [1.807, 2.05) is 11.4 Å². The molecule has 7 heteroatoms. The van der Waals surface area contributed by atoms with E-state index in [0.717, 1.165) is 12.8 Å². The third kappa shape index (κ3) is 3.37. The van der Waals surface area contributed by atoms with Crippen molar-refractivity contribution < 1.29 is 14.6 Å². The number of ether oxygens (including phenoxy) is 1. The number of hydrogen-bond acceptors (Lipinski definition) is 6. The molecular formula is C14H15N3O3S. The third-order valence-electron chi connectivity index (χ3n) is 3.37. The number of nitrogens with zero attached hydrogens (tertiary/aromatic N) is 2. The molecule has 1 saturated heterocycles. The zero-order valence-electron chi connectivity index (χ0n) is 11.2. The Hall–Kier alpha value is -1.99. The van der Waals surface area contributed by atoms with Crippen molar-refractivity contribution in [2.75, 3.05) is 11.9 Å². The van der Waals surface area contributed by atoms with Gasteiger partial charge in [-0.2, -0.15) is 0 Å². The molecule has 0 bridgehead atoms. The molecule has 2 aromatic rings. The summed E-state index contributed by atoms with van der Waals surface area (Å²) in [4.78, 5) is 19.9. The zero-order chi connectivity index (χ0) is 14.7. The molecule has 0 radical (unpaired) electrons. The van der Waals surface area contributed by atoms with Crippen LogP contribution in [0.25, 0.3) is 0 Å². The van der Waals surface area contributed by atoms with Crippen LogP contribution in [0, 0.1) is 0 Å². The molecule has 3 heterocycles. The summed E-state index contributed by atoms with van der Waals surface area (Å²) in [6.07, 6.45) is 4.59. The maximum Gasteiger partial charge on any atom is 0.356 e. The van der Waals surface area contributed by atoms with E-state index in [9.17, 15) is 4.79 Å². The van der Waals surface area contributed by atoms with Crippen molar-refractivity contribution >= 4 is 23.1 Å². The standard InChI is InChI=1S/C14H15N3O3S/c18-14(19)10-7-16-13(8-15-10)17-9-3-4-20-11(6-9)12-2-1-5-21-12/h1-2,5,7-9,11H,3-4,6H2,(H,16,17)(H,18,19). The minimum atomic E-state index is -1.07. The van der Waals surface area contributed by atoms with E-state index >= 15 is 0 Å². The molecule has 0 aromatic carbocycles. The van der Waals surface area contributed by atoms with Gasteiger partial charge in [0.15, 0.2) is 5.69 Å². The number of carboxylic acids is 1. The van der Waals surface area contributed by atoms with Crippen LogP contribution in [0.15, 0.2) is 29.9 Å². The minimum absolute atomic E-state index is 0.0519. The van der Waals surface area contributed by atoms with Crippen LogP contribution in [0.1, 0.15) is 34.3 Å². The van der Waals surface area contributed by atoms with Gasteiger partial charge in [-0.1, -0.05) is 6.07 Å². The SMILES string of the molecule is O=C(O)c1cnc(NC2CCOC(c3cccs3)C2)cn1. The van der Waals surface area contributed by atoms with Crippen molar-refractivity contribution in [3.63, 3.8) is 0 Å². The highest BCUT2D eigenvalue weighted by Gasteiger charge is 2.24. The van der Waals surface area contributed by atoms with Crippen LogP contribution in [0.5, 0.6) is 0 Å². The van der Waals surface area contributed by atoms with Gasteiger partial charge in [-0.05, 0) is 24.3 Å². The fourth-order valence-electron chi connectivity index (χ4n) is 2.32. The average molecular weight is 305 g/mol. The number of nitrogens with one attached hydrogen (secondary N) is 1. The Bertz CT molecular complexity index is 600. The van der Waals surface area contributed by atoms with Crippen molar-refractivity contribution in [1.82, 2.24) is 9.97 Å². The molecule has 21 heavy (non-hydrogen) atoms. The van der Waals surface area contributed by atoms with Crippen LogP contribution in [0.3, 0.4) is 0 Å². The fraction of sp³-hybridized carbons (Fsp3) is 0.357. The molecule has 0 amide bonds. The summed E-state index contributed by atoms with van der Waals surface area (Å²) in [6.45, 7) is 0.695. The first-order chi connectivity index (χ1) is 10.2. The van der Waals surface area contributed by atoms with E-state index in [4.69, 9.17) is 9.84 Å². The number of hydrogen-bond donors (Lipinski definition) is 2. The summed E-state index contributed by atoms with van der Waals surface area (Å²) in [5.74, 6) is -0.477. The Morgan fingerprint density at radius 1 is 1.43 bits per heavy atom. The number of aromatic carboxylic acids is 1. The largest absolute Gasteiger partial charge is 0.476 e. The van der Waals surface area contributed by atoms with E-state index in [2.05, 4.69) is 21.4 Å². The number of carboxylic acid groups (broad SMARTS) is 1. The molecule has 0 saturated carbocycles. The van der Waals surface area contributed by atoms with Gasteiger partial charge >= 0.3 is 5.97 Å². The Morgan fingerprint density at radius 3 is 3.00 bits per heavy atom. The molecule has 1 aliphatic rings. The molecule has 1 aliphatic heterocycles. The predicted molar refractivity (Wildman–Crippen MR) is 78.6 cm³/mol. The summed E-state index contributed by atoms with van der Waals surface area (Å²) in [5.41, 5.74) is -0.0519. The van der Waals surface area contributed by atoms with Gasteiger partial charge in [-0.15, -0.1) is 11.3 Å². The van der Waals surface area contributed by atoms with Gasteiger partial charge in [-0.25, -0.2) is 14.8 Å². The van der Waals surface area contributed by atoms with Crippen LogP contribution in [0.4, 0.5) is 5.82 Å². The lowest BCUT2D eigenvalue weighted by atomic mass is 10.0. The summed E-state index contributed by atoms with van der Waals surface area (Å²) in [6, 6.07) is 4.35. The lowest BCUT2D eigenvalue weighted by Crippen LogP contribution is -2.30. The van der Waals surface area contributed by atoms with Crippen LogP contribution < -0.4 is 5.32 Å². The van der Waals surface area contributed by atoms with E-state index < -0.39 is 5.97 Å². The maximum absolute atomic E-state index is 10.7. The van der Waals surface area contributed by atoms with Crippen molar-refractivity contribution in [1.29, 1.82) is 0 Å². The van der Waals surface area contributed by atoms with Crippen LogP contribution in [0.2, 0.25) is 0 Å². The lowest BCUT2D eigenvalue weighted by Gasteiger charge is -2.29. The highest BCUT2D eigenvalue weighted by atomic mass is 32.1. The van der Waals surface area contributed by atoms with E-state index in [0.29, 0.717) is 12.4 Å². The second kappa shape index (κ2) is 6.19. The number of aromatic nitrogens is 2. The van der Waals surface area contributed by atoms with Crippen molar-refractivity contribution in [3.05, 3.63) is 40.5 Å². The first-order valence-corrected chi connectivity index (χ1v) is 7.57. The summed E-state index contributed by atoms with van der Waals surface area (Å²) in [7, 11) is 0. The van der Waals surface area contributed by atoms with E-state index in [1.54, 1.807) is 11.3 Å². The summed E-state index contributed by atoms with van der Waals surface area (Å²) in [5, 5.41) is 14.1. The Morgan fingerprint density at radius 2 is 2.33 bits per heavy atom. The highest BCUT2D eigenvalue weighted by molar-refractivity contribution is 7.10. The Kier molecular flexibility index (Phi) is 4.12. The minimum Gasteiger partial charge on any atom is -0.476 e. The topological polar surface area (TPSA) is 84.3 Å². The number of thiophene rings is 1. The van der Waals surface area contributed by atoms with Gasteiger partial charge in [0.25, 0.3) is 0 Å². The highest BCUT2D eigenvalue weighted by Crippen LogP contribution is 2.31. The van der Waals surface area contributed by atoms with Crippen LogP contribution >= 0.6 is 11.3 Å². The lowest BCUT2D eigenvalue weighted by molar-refractivity contribution is 0.0119. The van der Waals surface area contributed by atoms with Crippen molar-refractivity contribution in [2.24, 2.45) is 0 Å². The van der Waals surface area contributed by atoms with Crippen LogP contribution in [-0.4, -0.2) is 33.7 Å². The van der Waals surface area contributed by atoms with Crippen LogP contribution in [-0.2, 0) is 4.74 Å². The van der Waals surface area contributed by atoms with Gasteiger partial charge < -0.3 is 15.2 Å². The molecule has 2 atom stereocenters. The molecule has 3 rings (SSSR count). The average Bonchev–Trinajstić information content (AvgIpc) is 3.02. The Labute approximate surface area is 125 Å². The smallest absolute Gasteiger partial charge is 0.356 e. The van der Waals surface area contributed by atoms with Crippen molar-refractivity contribution in [3.8, 4) is 0 Å². The second-order valence-electron chi connectivity index (χ2n) is 4.83. The molecule has 2 unspecified atom stereocenters. The normalized spacial score (nSPS) is 21.9. The van der Waals surface area contributed by atoms with E-state index in [1.165, 1.54) is 17.3 Å². The zero-order valence-corrected chi connectivity index (χ0v) is 12.0. The van der Waals surface area contributed by atoms with Gasteiger partial charge in [-0.3, -0.25) is 0 Å². The molecule has 1 fully saturated rings.